The van der Waals surface area contributed by atoms with Crippen molar-refractivity contribution in [3.05, 3.63) is 16.3 Å². The molecule has 0 bridgehead atoms. The Morgan fingerprint density at radius 1 is 1.21 bits per heavy atom. The Bertz CT molecular complexity index is 682. The average molecular weight is 412 g/mol. The summed E-state index contributed by atoms with van der Waals surface area (Å²) in [5, 5.41) is 21.7. The van der Waals surface area contributed by atoms with Crippen molar-refractivity contribution in [2.75, 3.05) is 44.6 Å². The Labute approximate surface area is 171 Å². The van der Waals surface area contributed by atoms with Gasteiger partial charge in [-0.25, -0.2) is 4.79 Å². The molecule has 2 N–H and O–H groups in total. The van der Waals surface area contributed by atoms with Gasteiger partial charge in [0.1, 0.15) is 6.61 Å². The molecule has 2 saturated heterocycles. The molecule has 0 radical (unpaired) electrons. The predicted octanol–water partition coefficient (Wildman–Crippen LogP) is 2.22. The molecule has 0 aromatic carbocycles. The number of ether oxygens (including phenoxy) is 1. The molecular formula is C19H30ClN5O3. The Hall–Kier alpha value is -1.64. The quantitative estimate of drug-likeness (QED) is 0.767. The normalized spacial score (nSPS) is 21.6. The van der Waals surface area contributed by atoms with Crippen LogP contribution in [0.4, 0.5) is 10.6 Å². The summed E-state index contributed by atoms with van der Waals surface area (Å²) in [5.74, 6) is 0.785. The molecule has 2 aliphatic rings. The van der Waals surface area contributed by atoms with Crippen LogP contribution in [0.3, 0.4) is 0 Å². The zero-order chi connectivity index (χ0) is 20.1. The lowest BCUT2D eigenvalue weighted by Crippen LogP contribution is -2.44. The number of aliphatic hydroxyl groups is 1. The zero-order valence-corrected chi connectivity index (χ0v) is 17.4. The highest BCUT2D eigenvalue weighted by atomic mass is 35.5. The van der Waals surface area contributed by atoms with Gasteiger partial charge in [0, 0.05) is 32.2 Å². The summed E-state index contributed by atoms with van der Waals surface area (Å²) in [5.41, 5.74) is 1.97. The van der Waals surface area contributed by atoms with Gasteiger partial charge < -0.3 is 20.1 Å². The first-order valence-corrected chi connectivity index (χ1v) is 10.4. The summed E-state index contributed by atoms with van der Waals surface area (Å²) >= 11 is 6.03. The van der Waals surface area contributed by atoms with Gasteiger partial charge in [-0.3, -0.25) is 4.90 Å². The van der Waals surface area contributed by atoms with Crippen molar-refractivity contribution in [1.82, 2.24) is 20.0 Å². The van der Waals surface area contributed by atoms with E-state index in [9.17, 15) is 9.90 Å². The van der Waals surface area contributed by atoms with E-state index < -0.39 is 0 Å². The molecule has 2 fully saturated rings. The van der Waals surface area contributed by atoms with Crippen LogP contribution in [-0.2, 0) is 4.74 Å². The van der Waals surface area contributed by atoms with Crippen LogP contribution < -0.4 is 5.32 Å². The molecule has 1 aromatic rings. The molecule has 9 heteroatoms. The monoisotopic (exact) mass is 411 g/mol. The minimum absolute atomic E-state index is 0.277. The van der Waals surface area contributed by atoms with Gasteiger partial charge in [-0.05, 0) is 57.2 Å². The first-order chi connectivity index (χ1) is 13.4. The van der Waals surface area contributed by atoms with Gasteiger partial charge in [-0.1, -0.05) is 11.6 Å². The molecule has 0 unspecified atom stereocenters. The number of halogens is 1. The molecule has 8 nitrogen and oxygen atoms in total. The van der Waals surface area contributed by atoms with Crippen molar-refractivity contribution in [2.24, 2.45) is 0 Å². The number of carbonyl (C=O) groups excluding carboxylic acids is 1. The molecule has 3 heterocycles. The van der Waals surface area contributed by atoms with Gasteiger partial charge in [0.05, 0.1) is 6.10 Å². The van der Waals surface area contributed by atoms with Crippen LogP contribution in [0.2, 0.25) is 5.15 Å². The summed E-state index contributed by atoms with van der Waals surface area (Å²) in [4.78, 5) is 16.1. The fourth-order valence-electron chi connectivity index (χ4n) is 3.68. The number of rotatable bonds is 5. The van der Waals surface area contributed by atoms with E-state index in [1.165, 1.54) is 0 Å². The van der Waals surface area contributed by atoms with E-state index >= 15 is 0 Å². The zero-order valence-electron chi connectivity index (χ0n) is 16.7. The van der Waals surface area contributed by atoms with E-state index in [-0.39, 0.29) is 18.2 Å². The SMILES string of the molecule is Cc1c(Cl)nnc(N[C@@H]2CCCN(CCOC(=O)N3CCC(O)CC3)C2)c1C. The number of amides is 1. The lowest BCUT2D eigenvalue weighted by atomic mass is 10.1. The van der Waals surface area contributed by atoms with E-state index in [0.717, 1.165) is 42.9 Å². The Morgan fingerprint density at radius 2 is 1.96 bits per heavy atom. The summed E-state index contributed by atoms with van der Waals surface area (Å²) in [6, 6.07) is 0.279. The number of anilines is 1. The first kappa shape index (κ1) is 21.1. The van der Waals surface area contributed by atoms with Gasteiger partial charge in [-0.2, -0.15) is 0 Å². The number of piperidine rings is 2. The molecule has 1 aromatic heterocycles. The molecule has 0 spiro atoms. The van der Waals surface area contributed by atoms with Crippen LogP contribution in [0.15, 0.2) is 0 Å². The second kappa shape index (κ2) is 9.71. The lowest BCUT2D eigenvalue weighted by Gasteiger charge is -2.34. The third-order valence-corrected chi connectivity index (χ3v) is 6.03. The van der Waals surface area contributed by atoms with Crippen molar-refractivity contribution < 1.29 is 14.6 Å². The van der Waals surface area contributed by atoms with Crippen molar-refractivity contribution in [3.8, 4) is 0 Å². The average Bonchev–Trinajstić information content (AvgIpc) is 2.69. The number of aliphatic hydroxyl groups excluding tert-OH is 1. The Balaban J connectivity index is 1.42. The minimum Gasteiger partial charge on any atom is -0.448 e. The maximum Gasteiger partial charge on any atom is 0.409 e. The van der Waals surface area contributed by atoms with Crippen LogP contribution in [0.5, 0.6) is 0 Å². The highest BCUT2D eigenvalue weighted by Crippen LogP contribution is 2.23. The van der Waals surface area contributed by atoms with Crippen molar-refractivity contribution >= 4 is 23.5 Å². The van der Waals surface area contributed by atoms with Crippen molar-refractivity contribution in [3.63, 3.8) is 0 Å². The molecule has 2 aliphatic heterocycles. The molecule has 28 heavy (non-hydrogen) atoms. The second-order valence-electron chi connectivity index (χ2n) is 7.71. The summed E-state index contributed by atoms with van der Waals surface area (Å²) in [6.07, 6.45) is 2.83. The molecule has 1 atom stereocenters. The predicted molar refractivity (Wildman–Crippen MR) is 108 cm³/mol. The number of hydrogen-bond donors (Lipinski definition) is 2. The number of hydrogen-bond acceptors (Lipinski definition) is 7. The summed E-state index contributed by atoms with van der Waals surface area (Å²) in [6.45, 7) is 8.04. The van der Waals surface area contributed by atoms with Crippen LogP contribution in [0.1, 0.15) is 36.8 Å². The second-order valence-corrected chi connectivity index (χ2v) is 8.06. The van der Waals surface area contributed by atoms with Crippen LogP contribution >= 0.6 is 11.6 Å². The van der Waals surface area contributed by atoms with Crippen molar-refractivity contribution in [2.45, 2.75) is 51.7 Å². The fraction of sp³-hybridized carbons (Fsp3) is 0.737. The number of nitrogens with one attached hydrogen (secondary N) is 1. The van der Waals surface area contributed by atoms with Crippen LogP contribution in [-0.4, -0.2) is 82.7 Å². The topological polar surface area (TPSA) is 90.8 Å². The number of aromatic nitrogens is 2. The molecule has 3 rings (SSSR count). The summed E-state index contributed by atoms with van der Waals surface area (Å²) in [7, 11) is 0. The number of likely N-dealkylation sites (tertiary alicyclic amines) is 2. The smallest absolute Gasteiger partial charge is 0.409 e. The largest absolute Gasteiger partial charge is 0.448 e. The lowest BCUT2D eigenvalue weighted by molar-refractivity contribution is 0.0531. The van der Waals surface area contributed by atoms with E-state index in [4.69, 9.17) is 16.3 Å². The minimum atomic E-state index is -0.292. The summed E-state index contributed by atoms with van der Waals surface area (Å²) < 4.78 is 5.43. The highest BCUT2D eigenvalue weighted by Gasteiger charge is 2.24. The molecule has 0 aliphatic carbocycles. The van der Waals surface area contributed by atoms with Gasteiger partial charge >= 0.3 is 6.09 Å². The van der Waals surface area contributed by atoms with Gasteiger partial charge in [-0.15, -0.1) is 10.2 Å². The number of carbonyl (C=O) groups is 1. The molecular weight excluding hydrogens is 382 g/mol. The molecule has 0 saturated carbocycles. The van der Waals surface area contributed by atoms with Gasteiger partial charge in [0.2, 0.25) is 0 Å². The third kappa shape index (κ3) is 5.46. The first-order valence-electron chi connectivity index (χ1n) is 10.0. The molecule has 1 amide bonds. The van der Waals surface area contributed by atoms with Crippen LogP contribution in [0.25, 0.3) is 0 Å². The van der Waals surface area contributed by atoms with Gasteiger partial charge in [0.25, 0.3) is 0 Å². The third-order valence-electron chi connectivity index (χ3n) is 5.67. The fourth-order valence-corrected chi connectivity index (χ4v) is 3.86. The van der Waals surface area contributed by atoms with E-state index in [1.54, 1.807) is 4.90 Å². The van der Waals surface area contributed by atoms with Gasteiger partial charge in [0.15, 0.2) is 11.0 Å². The Kier molecular flexibility index (Phi) is 7.31. The maximum absolute atomic E-state index is 12.1. The van der Waals surface area contributed by atoms with Crippen molar-refractivity contribution in [1.29, 1.82) is 0 Å². The van der Waals surface area contributed by atoms with Crippen LogP contribution in [0, 0.1) is 13.8 Å². The number of nitrogens with zero attached hydrogens (tertiary/aromatic N) is 4. The molecule has 156 valence electrons. The van der Waals surface area contributed by atoms with E-state index in [2.05, 4.69) is 20.4 Å². The standard InChI is InChI=1S/C19H30ClN5O3/c1-13-14(2)18(23-22-17(13)20)21-15-4-3-7-24(12-15)10-11-28-19(27)25-8-5-16(26)6-9-25/h15-16,26H,3-12H2,1-2H3,(H,21,23)/t15-/m1/s1. The van der Waals surface area contributed by atoms with E-state index in [1.807, 2.05) is 13.8 Å². The maximum atomic E-state index is 12.1. The van der Waals surface area contributed by atoms with E-state index in [0.29, 0.717) is 44.2 Å². The highest BCUT2D eigenvalue weighted by molar-refractivity contribution is 6.30. The Morgan fingerprint density at radius 3 is 2.71 bits per heavy atom.